The summed E-state index contributed by atoms with van der Waals surface area (Å²) in [5.74, 6) is -1.66. The van der Waals surface area contributed by atoms with E-state index in [9.17, 15) is 13.6 Å². The van der Waals surface area contributed by atoms with Gasteiger partial charge in [0.05, 0.1) is 16.6 Å². The van der Waals surface area contributed by atoms with Crippen molar-refractivity contribution in [2.45, 2.75) is 27.3 Å². The Morgan fingerprint density at radius 2 is 1.93 bits per heavy atom. The zero-order valence-corrected chi connectivity index (χ0v) is 18.3. The number of halogens is 4. The number of ketones is 1. The highest BCUT2D eigenvalue weighted by molar-refractivity contribution is 8.17. The van der Waals surface area contributed by atoms with E-state index >= 15 is 0 Å². The van der Waals surface area contributed by atoms with E-state index in [2.05, 4.69) is 5.10 Å². The molecule has 3 nitrogen and oxygen atoms in total. The van der Waals surface area contributed by atoms with Gasteiger partial charge in [-0.1, -0.05) is 67.9 Å². The monoisotopic (exact) mass is 454 g/mol. The molecule has 0 unspecified atom stereocenters. The second-order valence-corrected chi connectivity index (χ2v) is 9.29. The summed E-state index contributed by atoms with van der Waals surface area (Å²) in [6.45, 7) is 6.04. The van der Waals surface area contributed by atoms with Crippen LogP contribution in [0.15, 0.2) is 52.6 Å². The third-order valence-electron chi connectivity index (χ3n) is 4.12. The molecule has 0 fully saturated rings. The minimum atomic E-state index is -0.669. The van der Waals surface area contributed by atoms with Gasteiger partial charge in [-0.3, -0.25) is 9.80 Å². The van der Waals surface area contributed by atoms with Crippen molar-refractivity contribution in [2.24, 2.45) is 10.5 Å². The van der Waals surface area contributed by atoms with Gasteiger partial charge in [0, 0.05) is 28.7 Å². The van der Waals surface area contributed by atoms with Crippen molar-refractivity contribution in [3.8, 4) is 0 Å². The average molecular weight is 455 g/mol. The average Bonchev–Trinajstić information content (AvgIpc) is 3.02. The van der Waals surface area contributed by atoms with E-state index in [4.69, 9.17) is 23.2 Å². The van der Waals surface area contributed by atoms with Crippen LogP contribution in [0, 0.1) is 17.0 Å². The van der Waals surface area contributed by atoms with Crippen molar-refractivity contribution in [1.82, 2.24) is 5.01 Å². The predicted octanol–water partition coefficient (Wildman–Crippen LogP) is 6.90. The van der Waals surface area contributed by atoms with E-state index in [1.807, 2.05) is 20.8 Å². The first kappa shape index (κ1) is 21.8. The number of benzene rings is 2. The molecule has 1 aliphatic rings. The van der Waals surface area contributed by atoms with E-state index in [0.29, 0.717) is 5.03 Å². The van der Waals surface area contributed by atoms with E-state index in [1.165, 1.54) is 35.0 Å². The molecule has 29 heavy (non-hydrogen) atoms. The van der Waals surface area contributed by atoms with E-state index in [1.54, 1.807) is 18.2 Å². The number of nitrogens with zero attached hydrogens (tertiary/aromatic N) is 2. The zero-order chi connectivity index (χ0) is 21.3. The highest BCUT2D eigenvalue weighted by Crippen LogP contribution is 2.39. The van der Waals surface area contributed by atoms with Crippen LogP contribution in [-0.2, 0) is 6.54 Å². The summed E-state index contributed by atoms with van der Waals surface area (Å²) in [6, 6.07) is 8.21. The molecule has 0 N–H and O–H groups in total. The van der Waals surface area contributed by atoms with Crippen LogP contribution in [0.4, 0.5) is 8.78 Å². The van der Waals surface area contributed by atoms with Crippen LogP contribution in [0.2, 0.25) is 10.0 Å². The van der Waals surface area contributed by atoms with Crippen LogP contribution in [0.1, 0.15) is 36.7 Å². The number of thioether (sulfide) groups is 1. The van der Waals surface area contributed by atoms with E-state index < -0.39 is 11.6 Å². The number of hydrazone groups is 1. The van der Waals surface area contributed by atoms with Gasteiger partial charge < -0.3 is 0 Å². The smallest absolute Gasteiger partial charge is 0.190 e. The number of carbonyl (C=O) groups excluding carboxylic acids is 1. The lowest BCUT2D eigenvalue weighted by atomic mass is 9.99. The Kier molecular flexibility index (Phi) is 6.36. The zero-order valence-electron chi connectivity index (χ0n) is 16.0. The summed E-state index contributed by atoms with van der Waals surface area (Å²) < 4.78 is 27.4. The van der Waals surface area contributed by atoms with Crippen LogP contribution in [0.5, 0.6) is 0 Å². The molecule has 0 spiro atoms. The molecule has 0 aliphatic carbocycles. The molecule has 0 radical (unpaired) electrons. The molecule has 1 heterocycles. The molecule has 0 amide bonds. The first-order valence-corrected chi connectivity index (χ1v) is 10.3. The lowest BCUT2D eigenvalue weighted by Crippen LogP contribution is -2.16. The van der Waals surface area contributed by atoms with Gasteiger partial charge in [-0.05, 0) is 18.2 Å². The number of allylic oxidation sites excluding steroid dienone is 1. The van der Waals surface area contributed by atoms with Gasteiger partial charge in [0.2, 0.25) is 0 Å². The molecule has 0 atom stereocenters. The maximum Gasteiger partial charge on any atom is 0.190 e. The fraction of sp³-hybridized carbons (Fsp3) is 0.238. The van der Waals surface area contributed by atoms with Gasteiger partial charge in [0.15, 0.2) is 5.78 Å². The van der Waals surface area contributed by atoms with E-state index in [0.717, 1.165) is 11.1 Å². The van der Waals surface area contributed by atoms with Crippen LogP contribution >= 0.6 is 35.0 Å². The number of carbonyl (C=O) groups is 1. The van der Waals surface area contributed by atoms with Crippen molar-refractivity contribution < 1.29 is 13.6 Å². The first-order chi connectivity index (χ1) is 13.6. The second-order valence-electron chi connectivity index (χ2n) is 7.50. The van der Waals surface area contributed by atoms with E-state index in [-0.39, 0.29) is 38.9 Å². The highest BCUT2D eigenvalue weighted by Gasteiger charge is 2.31. The molecule has 0 aromatic heterocycles. The van der Waals surface area contributed by atoms with Crippen LogP contribution in [0.25, 0.3) is 0 Å². The van der Waals surface area contributed by atoms with Crippen LogP contribution in [0.3, 0.4) is 0 Å². The van der Waals surface area contributed by atoms with Gasteiger partial charge in [-0.25, -0.2) is 8.78 Å². The van der Waals surface area contributed by atoms with Gasteiger partial charge in [0.25, 0.3) is 0 Å². The SMILES string of the molecule is CC(C)(C)C1=NN(Cc2ccc(F)cc2F)/C(=C/C(=O)c2cccc(Cl)c2Cl)S1. The third kappa shape index (κ3) is 5.00. The minimum absolute atomic E-state index is 0.0566. The Morgan fingerprint density at radius 1 is 1.21 bits per heavy atom. The van der Waals surface area contributed by atoms with Crippen molar-refractivity contribution in [3.05, 3.63) is 80.3 Å². The molecular weight excluding hydrogens is 437 g/mol. The van der Waals surface area contributed by atoms with Crippen molar-refractivity contribution in [1.29, 1.82) is 0 Å². The predicted molar refractivity (Wildman–Crippen MR) is 115 cm³/mol. The number of hydrogen-bond donors (Lipinski definition) is 0. The Labute approximate surface area is 182 Å². The fourth-order valence-electron chi connectivity index (χ4n) is 2.55. The standard InChI is InChI=1S/C21H18Cl2F2N2OS/c1-21(2,3)20-26-27(11-12-7-8-13(24)9-16(12)25)18(29-20)10-17(28)14-5-4-6-15(22)19(14)23/h4-10H,11H2,1-3H3/b18-10-. The molecule has 0 bridgehead atoms. The van der Waals surface area contributed by atoms with Gasteiger partial charge in [-0.15, -0.1) is 0 Å². The highest BCUT2D eigenvalue weighted by atomic mass is 35.5. The Hall–Kier alpha value is -1.89. The summed E-state index contributed by atoms with van der Waals surface area (Å²) >= 11 is 13.5. The molecule has 0 saturated heterocycles. The lowest BCUT2D eigenvalue weighted by Gasteiger charge is -2.16. The summed E-state index contributed by atoms with van der Waals surface area (Å²) in [5, 5.41) is 7.86. The van der Waals surface area contributed by atoms with Crippen molar-refractivity contribution >= 4 is 45.8 Å². The normalized spacial score (nSPS) is 15.8. The molecule has 0 saturated carbocycles. The summed E-state index contributed by atoms with van der Waals surface area (Å²) in [7, 11) is 0. The second kappa shape index (κ2) is 8.46. The Balaban J connectivity index is 1.96. The van der Waals surface area contributed by atoms with Crippen molar-refractivity contribution in [2.75, 3.05) is 0 Å². The quantitative estimate of drug-likeness (QED) is 0.371. The molecule has 1 aliphatic heterocycles. The fourth-order valence-corrected chi connectivity index (χ4v) is 3.96. The summed E-state index contributed by atoms with van der Waals surface area (Å²) in [5.41, 5.74) is 0.269. The van der Waals surface area contributed by atoms with Gasteiger partial charge in [0.1, 0.15) is 21.7 Å². The third-order valence-corrected chi connectivity index (χ3v) is 6.36. The molecule has 2 aromatic carbocycles. The topological polar surface area (TPSA) is 32.7 Å². The Morgan fingerprint density at radius 3 is 2.59 bits per heavy atom. The first-order valence-electron chi connectivity index (χ1n) is 8.74. The Bertz CT molecular complexity index is 1030. The van der Waals surface area contributed by atoms with Gasteiger partial charge >= 0.3 is 0 Å². The molecule has 3 rings (SSSR count). The lowest BCUT2D eigenvalue weighted by molar-refractivity contribution is 0.104. The number of hydrogen-bond acceptors (Lipinski definition) is 4. The summed E-state index contributed by atoms with van der Waals surface area (Å²) in [6.07, 6.45) is 1.41. The van der Waals surface area contributed by atoms with Gasteiger partial charge in [-0.2, -0.15) is 5.10 Å². The van der Waals surface area contributed by atoms with Crippen LogP contribution < -0.4 is 0 Å². The minimum Gasteiger partial charge on any atom is -0.289 e. The maximum absolute atomic E-state index is 14.1. The summed E-state index contributed by atoms with van der Waals surface area (Å²) in [4.78, 5) is 12.8. The largest absolute Gasteiger partial charge is 0.289 e. The number of rotatable bonds is 4. The van der Waals surface area contributed by atoms with Crippen LogP contribution in [-0.4, -0.2) is 15.8 Å². The molecule has 2 aromatic rings. The maximum atomic E-state index is 14.1. The van der Waals surface area contributed by atoms with Crippen molar-refractivity contribution in [3.63, 3.8) is 0 Å². The molecule has 152 valence electrons. The molecular formula is C21H18Cl2F2N2OS. The molecule has 8 heteroatoms.